The van der Waals surface area contributed by atoms with Gasteiger partial charge in [-0.25, -0.2) is 0 Å². The first-order valence-electron chi connectivity index (χ1n) is 10.8. The molecule has 6 heteroatoms. The fourth-order valence-electron chi connectivity index (χ4n) is 6.09. The second-order valence-electron chi connectivity index (χ2n) is 9.56. The summed E-state index contributed by atoms with van der Waals surface area (Å²) in [6.07, 6.45) is 7.48. The highest BCUT2D eigenvalue weighted by atomic mass is 16.5. The largest absolute Gasteiger partial charge is 0.497 e. The summed E-state index contributed by atoms with van der Waals surface area (Å²) in [7, 11) is 3.42. The zero-order valence-electron chi connectivity index (χ0n) is 17.7. The van der Waals surface area contributed by atoms with Gasteiger partial charge in [0.15, 0.2) is 0 Å². The van der Waals surface area contributed by atoms with Crippen LogP contribution in [-0.4, -0.2) is 49.0 Å². The number of likely N-dealkylation sites (N-methyl/N-ethyl adjacent to an activating group) is 1. The number of anilines is 1. The molecule has 0 heterocycles. The van der Waals surface area contributed by atoms with Crippen molar-refractivity contribution in [2.24, 2.45) is 17.8 Å². The van der Waals surface area contributed by atoms with Crippen LogP contribution in [0.25, 0.3) is 0 Å². The fraction of sp³-hybridized carbons (Fsp3) is 0.652. The van der Waals surface area contributed by atoms with Gasteiger partial charge in [0.2, 0.25) is 11.8 Å². The summed E-state index contributed by atoms with van der Waals surface area (Å²) in [5, 5.41) is 6.29. The monoisotopic (exact) mass is 399 g/mol. The van der Waals surface area contributed by atoms with E-state index in [1.165, 1.54) is 19.3 Å². The number of ether oxygens (including phenoxy) is 1. The molecule has 0 radical (unpaired) electrons. The Kier molecular flexibility index (Phi) is 5.56. The van der Waals surface area contributed by atoms with Crippen LogP contribution in [0.5, 0.6) is 5.75 Å². The van der Waals surface area contributed by atoms with E-state index in [-0.39, 0.29) is 29.9 Å². The van der Waals surface area contributed by atoms with Crippen LogP contribution in [0.15, 0.2) is 24.3 Å². The van der Waals surface area contributed by atoms with Crippen molar-refractivity contribution in [1.29, 1.82) is 0 Å². The maximum absolute atomic E-state index is 13.0. The zero-order valence-corrected chi connectivity index (χ0v) is 17.7. The van der Waals surface area contributed by atoms with Gasteiger partial charge in [-0.1, -0.05) is 6.07 Å². The van der Waals surface area contributed by atoms with Crippen molar-refractivity contribution in [3.05, 3.63) is 24.3 Å². The molecule has 4 aliphatic rings. The number of carbonyl (C=O) groups excluding carboxylic acids is 2. The highest BCUT2D eigenvalue weighted by Crippen LogP contribution is 2.55. The smallest absolute Gasteiger partial charge is 0.238 e. The van der Waals surface area contributed by atoms with Crippen LogP contribution in [0.4, 0.5) is 5.69 Å². The molecule has 1 atom stereocenters. The lowest BCUT2D eigenvalue weighted by molar-refractivity contribution is -0.131. The van der Waals surface area contributed by atoms with Crippen LogP contribution in [0.2, 0.25) is 0 Å². The Hall–Kier alpha value is -2.08. The Morgan fingerprint density at radius 1 is 1.17 bits per heavy atom. The van der Waals surface area contributed by atoms with Crippen LogP contribution < -0.4 is 15.4 Å². The van der Waals surface area contributed by atoms with E-state index in [1.54, 1.807) is 13.2 Å². The van der Waals surface area contributed by atoms with E-state index in [9.17, 15) is 9.59 Å². The summed E-state index contributed by atoms with van der Waals surface area (Å²) in [6.45, 7) is 2.04. The lowest BCUT2D eigenvalue weighted by Crippen LogP contribution is -2.62. The average molecular weight is 400 g/mol. The topological polar surface area (TPSA) is 70.7 Å². The van der Waals surface area contributed by atoms with Gasteiger partial charge in [-0.05, 0) is 82.4 Å². The number of carbonyl (C=O) groups is 2. The quantitative estimate of drug-likeness (QED) is 0.739. The van der Waals surface area contributed by atoms with E-state index in [1.807, 2.05) is 37.1 Å². The molecule has 0 saturated heterocycles. The van der Waals surface area contributed by atoms with Gasteiger partial charge < -0.3 is 15.4 Å². The Morgan fingerprint density at radius 3 is 2.38 bits per heavy atom. The molecule has 4 fully saturated rings. The highest BCUT2D eigenvalue weighted by molar-refractivity contribution is 5.93. The summed E-state index contributed by atoms with van der Waals surface area (Å²) in [6, 6.07) is 6.92. The van der Waals surface area contributed by atoms with E-state index in [0.29, 0.717) is 11.4 Å². The molecule has 0 spiro atoms. The van der Waals surface area contributed by atoms with Crippen molar-refractivity contribution in [1.82, 2.24) is 10.2 Å². The Balaban J connectivity index is 1.31. The van der Waals surface area contributed by atoms with Crippen LogP contribution in [0.1, 0.15) is 45.4 Å². The van der Waals surface area contributed by atoms with Crippen LogP contribution in [0.3, 0.4) is 0 Å². The molecule has 4 bridgehead atoms. The summed E-state index contributed by atoms with van der Waals surface area (Å²) in [5.41, 5.74) is 0.692. The Labute approximate surface area is 173 Å². The molecule has 0 aromatic heterocycles. The van der Waals surface area contributed by atoms with Gasteiger partial charge in [-0.3, -0.25) is 14.5 Å². The molecule has 2 N–H and O–H groups in total. The molecule has 4 saturated carbocycles. The summed E-state index contributed by atoms with van der Waals surface area (Å²) in [4.78, 5) is 27.2. The van der Waals surface area contributed by atoms with Crippen LogP contribution in [0, 0.1) is 17.8 Å². The standard InChI is InChI=1S/C23H33N3O3/c1-15(26(2)14-21(27)24-19-5-4-6-20(10-19)29-3)22(28)25-23-11-16-7-17(12-23)9-18(8-16)13-23/h4-6,10,15-18H,7-9,11-14H2,1-3H3,(H,24,27)(H,25,28)/t15-,16?,17?,18?,23?/m0/s1. The summed E-state index contributed by atoms with van der Waals surface area (Å²) in [5.74, 6) is 2.98. The number of nitrogens with one attached hydrogen (secondary N) is 2. The van der Waals surface area contributed by atoms with Crippen molar-refractivity contribution < 1.29 is 14.3 Å². The molecule has 6 nitrogen and oxygen atoms in total. The second kappa shape index (κ2) is 7.98. The van der Waals surface area contributed by atoms with Gasteiger partial charge in [0, 0.05) is 17.3 Å². The van der Waals surface area contributed by atoms with Crippen molar-refractivity contribution in [3.63, 3.8) is 0 Å². The fourth-order valence-corrected chi connectivity index (χ4v) is 6.09. The third kappa shape index (κ3) is 4.42. The van der Waals surface area contributed by atoms with E-state index in [0.717, 1.165) is 37.0 Å². The molecule has 4 aliphatic carbocycles. The Bertz CT molecular complexity index is 743. The number of rotatable bonds is 7. The zero-order chi connectivity index (χ0) is 20.6. The average Bonchev–Trinajstić information content (AvgIpc) is 2.65. The molecule has 1 aromatic rings. The number of hydrogen-bond acceptors (Lipinski definition) is 4. The number of benzene rings is 1. The predicted octanol–water partition coefficient (Wildman–Crippen LogP) is 3.04. The third-order valence-electron chi connectivity index (χ3n) is 7.21. The number of hydrogen-bond donors (Lipinski definition) is 2. The third-order valence-corrected chi connectivity index (χ3v) is 7.21. The van der Waals surface area contributed by atoms with E-state index in [2.05, 4.69) is 10.6 Å². The maximum atomic E-state index is 13.0. The lowest BCUT2D eigenvalue weighted by atomic mass is 9.53. The second-order valence-corrected chi connectivity index (χ2v) is 9.56. The minimum absolute atomic E-state index is 0.00375. The molecule has 1 aromatic carbocycles. The van der Waals surface area contributed by atoms with Gasteiger partial charge >= 0.3 is 0 Å². The van der Waals surface area contributed by atoms with Gasteiger partial charge in [0.25, 0.3) is 0 Å². The normalized spacial score (nSPS) is 30.8. The molecule has 29 heavy (non-hydrogen) atoms. The number of amides is 2. The molecule has 0 unspecified atom stereocenters. The van der Waals surface area contributed by atoms with Crippen LogP contribution >= 0.6 is 0 Å². The van der Waals surface area contributed by atoms with Crippen LogP contribution in [-0.2, 0) is 9.59 Å². The lowest BCUT2D eigenvalue weighted by Gasteiger charge is -2.57. The van der Waals surface area contributed by atoms with E-state index >= 15 is 0 Å². The molecule has 158 valence electrons. The van der Waals surface area contributed by atoms with E-state index in [4.69, 9.17) is 4.74 Å². The molecular weight excluding hydrogens is 366 g/mol. The minimum Gasteiger partial charge on any atom is -0.497 e. The van der Waals surface area contributed by atoms with Gasteiger partial charge in [-0.15, -0.1) is 0 Å². The van der Waals surface area contributed by atoms with Crippen molar-refractivity contribution in [2.75, 3.05) is 26.0 Å². The van der Waals surface area contributed by atoms with Gasteiger partial charge in [0.1, 0.15) is 5.75 Å². The Morgan fingerprint density at radius 2 is 1.79 bits per heavy atom. The minimum atomic E-state index is -0.348. The molecule has 5 rings (SSSR count). The summed E-state index contributed by atoms with van der Waals surface area (Å²) >= 11 is 0. The van der Waals surface area contributed by atoms with E-state index < -0.39 is 0 Å². The first kappa shape index (κ1) is 20.2. The SMILES string of the molecule is COc1cccc(NC(=O)CN(C)[C@@H](C)C(=O)NC23CC4CC(CC(C4)C2)C3)c1. The van der Waals surface area contributed by atoms with Gasteiger partial charge in [-0.2, -0.15) is 0 Å². The highest BCUT2D eigenvalue weighted by Gasteiger charge is 2.51. The molecule has 2 amide bonds. The van der Waals surface area contributed by atoms with Crippen molar-refractivity contribution >= 4 is 17.5 Å². The number of methoxy groups -OCH3 is 1. The molecule has 0 aliphatic heterocycles. The predicted molar refractivity (Wildman–Crippen MR) is 113 cm³/mol. The summed E-state index contributed by atoms with van der Waals surface area (Å²) < 4.78 is 5.19. The first-order chi connectivity index (χ1) is 13.9. The van der Waals surface area contributed by atoms with Crippen molar-refractivity contribution in [2.45, 2.75) is 57.0 Å². The number of nitrogens with zero attached hydrogens (tertiary/aromatic N) is 1. The first-order valence-corrected chi connectivity index (χ1v) is 10.8. The maximum Gasteiger partial charge on any atom is 0.238 e. The van der Waals surface area contributed by atoms with Crippen molar-refractivity contribution in [3.8, 4) is 5.75 Å². The molecular formula is C23H33N3O3. The van der Waals surface area contributed by atoms with Gasteiger partial charge in [0.05, 0.1) is 19.7 Å².